The molecule has 0 aliphatic carbocycles. The van der Waals surface area contributed by atoms with E-state index in [0.717, 1.165) is 11.8 Å². The van der Waals surface area contributed by atoms with Crippen LogP contribution in [-0.4, -0.2) is 27.7 Å². The van der Waals surface area contributed by atoms with E-state index in [-0.39, 0.29) is 10.8 Å². The lowest BCUT2D eigenvalue weighted by molar-refractivity contribution is 0.102. The first-order valence-electron chi connectivity index (χ1n) is 6.57. The normalized spacial score (nSPS) is 11.0. The molecule has 0 radical (unpaired) electrons. The summed E-state index contributed by atoms with van der Waals surface area (Å²) >= 11 is 0. The second-order valence-corrected chi connectivity index (χ2v) is 6.95. The Kier molecular flexibility index (Phi) is 4.51. The van der Waals surface area contributed by atoms with E-state index in [1.54, 1.807) is 37.4 Å². The highest BCUT2D eigenvalue weighted by atomic mass is 32.2. The zero-order chi connectivity index (χ0) is 16.3. The Morgan fingerprint density at radius 2 is 1.73 bits per heavy atom. The summed E-state index contributed by atoms with van der Waals surface area (Å²) in [6.07, 6.45) is 1.14. The minimum absolute atomic E-state index is 0.211. The molecule has 0 aliphatic rings. The Bertz CT molecular complexity index is 795. The van der Waals surface area contributed by atoms with Crippen molar-refractivity contribution in [1.82, 2.24) is 0 Å². The molecule has 0 heterocycles. The van der Waals surface area contributed by atoms with Crippen molar-refractivity contribution in [3.8, 4) is 5.75 Å². The molecule has 2 rings (SSSR count). The highest BCUT2D eigenvalue weighted by Gasteiger charge is 2.10. The van der Waals surface area contributed by atoms with E-state index in [9.17, 15) is 13.2 Å². The summed E-state index contributed by atoms with van der Waals surface area (Å²) in [6.45, 7) is 1.89. The number of ether oxygens (including phenoxy) is 1. The molecule has 2 aromatic carbocycles. The second-order valence-electron chi connectivity index (χ2n) is 4.94. The number of anilines is 1. The topological polar surface area (TPSA) is 72.5 Å². The quantitative estimate of drug-likeness (QED) is 0.940. The number of carbonyl (C=O) groups is 1. The molecular weight excluding hydrogens is 302 g/mol. The number of benzene rings is 2. The predicted octanol–water partition coefficient (Wildman–Crippen LogP) is 2.66. The lowest BCUT2D eigenvalue weighted by atomic mass is 10.1. The van der Waals surface area contributed by atoms with Crippen molar-refractivity contribution >= 4 is 21.4 Å². The number of carbonyl (C=O) groups excluding carboxylic acids is 1. The van der Waals surface area contributed by atoms with Crippen molar-refractivity contribution in [1.29, 1.82) is 0 Å². The molecule has 1 N–H and O–H groups in total. The monoisotopic (exact) mass is 319 g/mol. The third-order valence-corrected chi connectivity index (χ3v) is 4.34. The molecule has 0 saturated carbocycles. The Labute approximate surface area is 129 Å². The number of hydrogen-bond donors (Lipinski definition) is 1. The number of aryl methyl sites for hydroxylation is 1. The van der Waals surface area contributed by atoms with Gasteiger partial charge in [0.15, 0.2) is 9.84 Å². The van der Waals surface area contributed by atoms with Gasteiger partial charge in [0, 0.05) is 17.5 Å². The van der Waals surface area contributed by atoms with Gasteiger partial charge >= 0.3 is 0 Å². The maximum atomic E-state index is 12.2. The Balaban J connectivity index is 2.18. The van der Waals surface area contributed by atoms with Crippen molar-refractivity contribution in [2.24, 2.45) is 0 Å². The smallest absolute Gasteiger partial charge is 0.255 e. The molecule has 0 aliphatic heterocycles. The van der Waals surface area contributed by atoms with Gasteiger partial charge < -0.3 is 10.1 Å². The van der Waals surface area contributed by atoms with Crippen LogP contribution >= 0.6 is 0 Å². The molecule has 0 aromatic heterocycles. The molecule has 0 spiro atoms. The van der Waals surface area contributed by atoms with E-state index in [4.69, 9.17) is 4.74 Å². The van der Waals surface area contributed by atoms with Crippen LogP contribution in [0, 0.1) is 6.92 Å². The average molecular weight is 319 g/mol. The van der Waals surface area contributed by atoms with E-state index < -0.39 is 9.84 Å². The minimum atomic E-state index is -3.24. The number of sulfone groups is 1. The van der Waals surface area contributed by atoms with Crippen LogP contribution in [-0.2, 0) is 9.84 Å². The molecule has 22 heavy (non-hydrogen) atoms. The summed E-state index contributed by atoms with van der Waals surface area (Å²) in [5, 5.41) is 2.72. The molecule has 0 unspecified atom stereocenters. The maximum Gasteiger partial charge on any atom is 0.255 e. The van der Waals surface area contributed by atoms with E-state index in [1.165, 1.54) is 12.1 Å². The average Bonchev–Trinajstić information content (AvgIpc) is 2.47. The van der Waals surface area contributed by atoms with Gasteiger partial charge in [-0.2, -0.15) is 0 Å². The molecule has 5 nitrogen and oxygen atoms in total. The molecule has 0 bridgehead atoms. The maximum absolute atomic E-state index is 12.2. The largest absolute Gasteiger partial charge is 0.496 e. The molecule has 6 heteroatoms. The standard InChI is InChI=1S/C16H17NO4S/c1-11-4-5-12(10-15(11)21-2)16(18)17-13-6-8-14(9-7-13)22(3,19)20/h4-10H,1-3H3,(H,17,18). The van der Waals surface area contributed by atoms with Crippen LogP contribution in [0.15, 0.2) is 47.4 Å². The van der Waals surface area contributed by atoms with Gasteiger partial charge in [0.1, 0.15) is 5.75 Å². The summed E-state index contributed by atoms with van der Waals surface area (Å²) in [7, 11) is -1.69. The van der Waals surface area contributed by atoms with E-state index >= 15 is 0 Å². The van der Waals surface area contributed by atoms with Crippen LogP contribution in [0.1, 0.15) is 15.9 Å². The number of hydrogen-bond acceptors (Lipinski definition) is 4. The van der Waals surface area contributed by atoms with Crippen molar-refractivity contribution in [3.05, 3.63) is 53.6 Å². The van der Waals surface area contributed by atoms with Crippen LogP contribution in [0.4, 0.5) is 5.69 Å². The van der Waals surface area contributed by atoms with Crippen LogP contribution in [0.25, 0.3) is 0 Å². The summed E-state index contributed by atoms with van der Waals surface area (Å²) in [5.74, 6) is 0.352. The SMILES string of the molecule is COc1cc(C(=O)Nc2ccc(S(C)(=O)=O)cc2)ccc1C. The van der Waals surface area contributed by atoms with Gasteiger partial charge in [-0.15, -0.1) is 0 Å². The zero-order valence-corrected chi connectivity index (χ0v) is 13.4. The summed E-state index contributed by atoms with van der Waals surface area (Å²) in [4.78, 5) is 12.4. The first-order valence-corrected chi connectivity index (χ1v) is 8.46. The predicted molar refractivity (Wildman–Crippen MR) is 85.2 cm³/mol. The third kappa shape index (κ3) is 3.65. The van der Waals surface area contributed by atoms with Gasteiger partial charge in [0.05, 0.1) is 12.0 Å². The van der Waals surface area contributed by atoms with Crippen molar-refractivity contribution in [2.75, 3.05) is 18.7 Å². The molecule has 116 valence electrons. The number of nitrogens with one attached hydrogen (secondary N) is 1. The fourth-order valence-corrected chi connectivity index (χ4v) is 2.58. The lowest BCUT2D eigenvalue weighted by Gasteiger charge is -2.09. The second kappa shape index (κ2) is 6.19. The summed E-state index contributed by atoms with van der Waals surface area (Å²) in [6, 6.07) is 11.2. The molecule has 2 aromatic rings. The highest BCUT2D eigenvalue weighted by molar-refractivity contribution is 7.90. The van der Waals surface area contributed by atoms with Crippen molar-refractivity contribution in [2.45, 2.75) is 11.8 Å². The van der Waals surface area contributed by atoms with Crippen molar-refractivity contribution in [3.63, 3.8) is 0 Å². The fourth-order valence-electron chi connectivity index (χ4n) is 1.95. The Morgan fingerprint density at radius 1 is 1.09 bits per heavy atom. The van der Waals surface area contributed by atoms with Crippen LogP contribution in [0.2, 0.25) is 0 Å². The minimum Gasteiger partial charge on any atom is -0.496 e. The highest BCUT2D eigenvalue weighted by Crippen LogP contribution is 2.20. The Hall–Kier alpha value is -2.34. The van der Waals surface area contributed by atoms with E-state index in [1.807, 2.05) is 6.92 Å². The van der Waals surface area contributed by atoms with Crippen molar-refractivity contribution < 1.29 is 17.9 Å². The number of methoxy groups -OCH3 is 1. The summed E-state index contributed by atoms with van der Waals surface area (Å²) < 4.78 is 28.0. The van der Waals surface area contributed by atoms with Gasteiger partial charge in [-0.3, -0.25) is 4.79 Å². The zero-order valence-electron chi connectivity index (χ0n) is 12.6. The van der Waals surface area contributed by atoms with Gasteiger partial charge in [-0.1, -0.05) is 6.07 Å². The fraction of sp³-hybridized carbons (Fsp3) is 0.188. The van der Waals surface area contributed by atoms with Gasteiger partial charge in [0.2, 0.25) is 0 Å². The third-order valence-electron chi connectivity index (χ3n) is 3.21. The molecular formula is C16H17NO4S. The molecule has 1 amide bonds. The van der Waals surface area contributed by atoms with Gasteiger partial charge in [-0.25, -0.2) is 8.42 Å². The first-order chi connectivity index (χ1) is 10.3. The molecule has 0 fully saturated rings. The first kappa shape index (κ1) is 16.0. The van der Waals surface area contributed by atoms with Gasteiger partial charge in [0.25, 0.3) is 5.91 Å². The van der Waals surface area contributed by atoms with Crippen LogP contribution in [0.3, 0.4) is 0 Å². The van der Waals surface area contributed by atoms with Crippen LogP contribution in [0.5, 0.6) is 5.75 Å². The van der Waals surface area contributed by atoms with Gasteiger partial charge in [-0.05, 0) is 48.9 Å². The number of rotatable bonds is 4. The van der Waals surface area contributed by atoms with Crippen LogP contribution < -0.4 is 10.1 Å². The molecule has 0 atom stereocenters. The molecule has 0 saturated heterocycles. The van der Waals surface area contributed by atoms with E-state index in [2.05, 4.69) is 5.32 Å². The summed E-state index contributed by atoms with van der Waals surface area (Å²) in [5.41, 5.74) is 1.93. The number of amides is 1. The lowest BCUT2D eigenvalue weighted by Crippen LogP contribution is -2.12. The van der Waals surface area contributed by atoms with E-state index in [0.29, 0.717) is 17.0 Å². The Morgan fingerprint density at radius 3 is 2.27 bits per heavy atom.